The van der Waals surface area contributed by atoms with Gasteiger partial charge in [-0.25, -0.2) is 0 Å². The summed E-state index contributed by atoms with van der Waals surface area (Å²) in [6.07, 6.45) is 8.09. The van der Waals surface area contributed by atoms with Crippen molar-refractivity contribution in [1.82, 2.24) is 10.2 Å². The Labute approximate surface area is 129 Å². The molecular weight excluding hydrogens is 284 g/mol. The van der Waals surface area contributed by atoms with Crippen molar-refractivity contribution in [3.63, 3.8) is 0 Å². The van der Waals surface area contributed by atoms with E-state index in [9.17, 15) is 9.59 Å². The van der Waals surface area contributed by atoms with E-state index >= 15 is 0 Å². The number of aryl methyl sites for hydroxylation is 2. The Morgan fingerprint density at radius 3 is 2.81 bits per heavy atom. The Hall–Kier alpha value is -1.36. The Morgan fingerprint density at radius 2 is 1.95 bits per heavy atom. The number of hydrogen-bond donors (Lipinski definition) is 1. The van der Waals surface area contributed by atoms with Gasteiger partial charge in [0, 0.05) is 18.0 Å². The quantitative estimate of drug-likeness (QED) is 0.866. The molecule has 3 rings (SSSR count). The summed E-state index contributed by atoms with van der Waals surface area (Å²) in [5.41, 5.74) is 1.36. The first-order valence-electron chi connectivity index (χ1n) is 7.91. The lowest BCUT2D eigenvalue weighted by atomic mass is 10.00. The van der Waals surface area contributed by atoms with Crippen LogP contribution in [0.4, 0.5) is 0 Å². The Morgan fingerprint density at radius 1 is 1.14 bits per heavy atom. The summed E-state index contributed by atoms with van der Waals surface area (Å²) in [4.78, 5) is 28.2. The molecule has 2 heterocycles. The molecule has 0 atom stereocenters. The first-order chi connectivity index (χ1) is 10.2. The average molecular weight is 306 g/mol. The summed E-state index contributed by atoms with van der Waals surface area (Å²) in [5, 5.41) is 2.82. The monoisotopic (exact) mass is 306 g/mol. The third kappa shape index (κ3) is 3.46. The van der Waals surface area contributed by atoms with Crippen LogP contribution in [0, 0.1) is 0 Å². The highest BCUT2D eigenvalue weighted by atomic mass is 32.1. The summed E-state index contributed by atoms with van der Waals surface area (Å²) in [5.74, 6) is -0.0143. The van der Waals surface area contributed by atoms with Crippen molar-refractivity contribution in [3.8, 4) is 0 Å². The number of hydrogen-bond acceptors (Lipinski definition) is 3. The van der Waals surface area contributed by atoms with E-state index in [1.807, 2.05) is 0 Å². The fourth-order valence-electron chi connectivity index (χ4n) is 3.08. The number of nitrogens with one attached hydrogen (secondary N) is 1. The van der Waals surface area contributed by atoms with E-state index in [1.165, 1.54) is 36.1 Å². The largest absolute Gasteiger partial charge is 0.354 e. The number of thiophene rings is 1. The molecule has 2 aliphatic rings. The zero-order valence-corrected chi connectivity index (χ0v) is 13.1. The Bertz CT molecular complexity index is 513. The lowest BCUT2D eigenvalue weighted by molar-refractivity contribution is -0.121. The van der Waals surface area contributed by atoms with Gasteiger partial charge < -0.3 is 10.2 Å². The minimum absolute atomic E-state index is 0.0313. The molecule has 1 saturated heterocycles. The van der Waals surface area contributed by atoms with Crippen molar-refractivity contribution in [2.24, 2.45) is 0 Å². The normalized spacial score (nSPS) is 20.0. The number of amides is 2. The molecule has 0 saturated carbocycles. The fraction of sp³-hybridized carbons (Fsp3) is 0.625. The van der Waals surface area contributed by atoms with Crippen molar-refractivity contribution in [2.45, 2.75) is 44.9 Å². The third-order valence-corrected chi connectivity index (χ3v) is 5.48. The number of fused-ring (bicyclic) bond motifs is 1. The van der Waals surface area contributed by atoms with Crippen LogP contribution in [0.3, 0.4) is 0 Å². The number of rotatable bonds is 1. The molecule has 0 radical (unpaired) electrons. The van der Waals surface area contributed by atoms with E-state index in [0.717, 1.165) is 24.1 Å². The van der Waals surface area contributed by atoms with Gasteiger partial charge in [-0.1, -0.05) is 12.8 Å². The van der Waals surface area contributed by atoms with Crippen molar-refractivity contribution < 1.29 is 9.59 Å². The van der Waals surface area contributed by atoms with Gasteiger partial charge in [0.2, 0.25) is 5.91 Å². The molecule has 0 unspecified atom stereocenters. The highest BCUT2D eigenvalue weighted by Crippen LogP contribution is 2.29. The highest BCUT2D eigenvalue weighted by molar-refractivity contribution is 7.14. The molecule has 21 heavy (non-hydrogen) atoms. The topological polar surface area (TPSA) is 49.4 Å². The van der Waals surface area contributed by atoms with Gasteiger partial charge in [-0.05, 0) is 43.7 Å². The molecule has 1 aliphatic carbocycles. The summed E-state index contributed by atoms with van der Waals surface area (Å²) in [7, 11) is 0. The zero-order valence-electron chi connectivity index (χ0n) is 12.3. The minimum Gasteiger partial charge on any atom is -0.354 e. The van der Waals surface area contributed by atoms with E-state index in [1.54, 1.807) is 16.2 Å². The van der Waals surface area contributed by atoms with Crippen LogP contribution in [0.1, 0.15) is 52.2 Å². The van der Waals surface area contributed by atoms with Gasteiger partial charge in [0.1, 0.15) is 0 Å². The maximum Gasteiger partial charge on any atom is 0.264 e. The van der Waals surface area contributed by atoms with Crippen LogP contribution in [0.15, 0.2) is 6.07 Å². The molecule has 4 nitrogen and oxygen atoms in total. The maximum absolute atomic E-state index is 12.6. The number of carbonyl (C=O) groups excluding carboxylic acids is 2. The van der Waals surface area contributed by atoms with Crippen molar-refractivity contribution in [1.29, 1.82) is 0 Å². The molecule has 0 bridgehead atoms. The van der Waals surface area contributed by atoms with E-state index in [-0.39, 0.29) is 18.4 Å². The molecule has 1 aromatic heterocycles. The second-order valence-electron chi connectivity index (χ2n) is 5.90. The van der Waals surface area contributed by atoms with Crippen LogP contribution in [-0.4, -0.2) is 36.3 Å². The van der Waals surface area contributed by atoms with Crippen LogP contribution >= 0.6 is 11.3 Å². The molecule has 1 aliphatic heterocycles. The highest BCUT2D eigenvalue weighted by Gasteiger charge is 2.23. The van der Waals surface area contributed by atoms with Gasteiger partial charge in [0.15, 0.2) is 0 Å². The van der Waals surface area contributed by atoms with E-state index in [2.05, 4.69) is 11.4 Å². The maximum atomic E-state index is 12.6. The van der Waals surface area contributed by atoms with Crippen LogP contribution < -0.4 is 5.32 Å². The predicted octanol–water partition coefficient (Wildman–Crippen LogP) is 2.37. The van der Waals surface area contributed by atoms with Gasteiger partial charge in [-0.15, -0.1) is 11.3 Å². The first kappa shape index (κ1) is 14.6. The van der Waals surface area contributed by atoms with Gasteiger partial charge in [-0.3, -0.25) is 9.59 Å². The average Bonchev–Trinajstić information content (AvgIpc) is 2.70. The van der Waals surface area contributed by atoms with Gasteiger partial charge in [-0.2, -0.15) is 0 Å². The predicted molar refractivity (Wildman–Crippen MR) is 83.7 cm³/mol. The number of carbonyl (C=O) groups is 2. The fourth-order valence-corrected chi connectivity index (χ4v) is 4.31. The molecule has 2 amide bonds. The number of nitrogens with zero attached hydrogens (tertiary/aromatic N) is 1. The van der Waals surface area contributed by atoms with Crippen LogP contribution in [0.25, 0.3) is 0 Å². The summed E-state index contributed by atoms with van der Waals surface area (Å²) < 4.78 is 0. The molecule has 5 heteroatoms. The summed E-state index contributed by atoms with van der Waals surface area (Å²) in [6, 6.07) is 2.08. The van der Waals surface area contributed by atoms with Gasteiger partial charge >= 0.3 is 0 Å². The molecule has 0 spiro atoms. The van der Waals surface area contributed by atoms with Crippen LogP contribution in [0.5, 0.6) is 0 Å². The van der Waals surface area contributed by atoms with E-state index in [0.29, 0.717) is 13.1 Å². The minimum atomic E-state index is -0.0456. The molecular formula is C16H22N2O2S. The van der Waals surface area contributed by atoms with E-state index < -0.39 is 0 Å². The van der Waals surface area contributed by atoms with Crippen LogP contribution in [0.2, 0.25) is 0 Å². The molecule has 1 N–H and O–H groups in total. The van der Waals surface area contributed by atoms with E-state index in [4.69, 9.17) is 0 Å². The third-order valence-electron chi connectivity index (χ3n) is 4.26. The second kappa shape index (κ2) is 6.60. The Kier molecular flexibility index (Phi) is 4.58. The SMILES string of the molecule is O=C1CN(C(=O)c2cc3c(s2)CCCCCC3)CCCN1. The molecule has 1 aromatic rings. The summed E-state index contributed by atoms with van der Waals surface area (Å²) >= 11 is 1.64. The Balaban J connectivity index is 1.77. The first-order valence-corrected chi connectivity index (χ1v) is 8.73. The molecule has 114 valence electrons. The van der Waals surface area contributed by atoms with Gasteiger partial charge in [0.05, 0.1) is 11.4 Å². The van der Waals surface area contributed by atoms with Crippen molar-refractivity contribution >= 4 is 23.2 Å². The standard InChI is InChI=1S/C16H22N2O2S/c19-15-11-18(9-5-8-17-15)16(20)14-10-12-6-3-1-2-4-7-13(12)21-14/h10H,1-9,11H2,(H,17,19). The summed E-state index contributed by atoms with van der Waals surface area (Å²) in [6.45, 7) is 1.53. The van der Waals surface area contributed by atoms with Crippen molar-refractivity contribution in [3.05, 3.63) is 21.4 Å². The van der Waals surface area contributed by atoms with Crippen LogP contribution in [-0.2, 0) is 17.6 Å². The van der Waals surface area contributed by atoms with Gasteiger partial charge in [0.25, 0.3) is 5.91 Å². The molecule has 0 aromatic carbocycles. The molecule has 1 fully saturated rings. The second-order valence-corrected chi connectivity index (χ2v) is 7.04. The zero-order chi connectivity index (χ0) is 14.7. The lowest BCUT2D eigenvalue weighted by Gasteiger charge is -2.17. The smallest absolute Gasteiger partial charge is 0.264 e. The van der Waals surface area contributed by atoms with Crippen molar-refractivity contribution in [2.75, 3.05) is 19.6 Å². The lowest BCUT2D eigenvalue weighted by Crippen LogP contribution is -2.37.